The van der Waals surface area contributed by atoms with Crippen LogP contribution in [-0.2, 0) is 16.0 Å². The number of carboxylic acids is 1. The van der Waals surface area contributed by atoms with Crippen molar-refractivity contribution in [3.8, 4) is 0 Å². The maximum Gasteiger partial charge on any atom is 0.305 e. The van der Waals surface area contributed by atoms with Gasteiger partial charge in [-0.3, -0.25) is 14.4 Å². The number of aryl methyl sites for hydroxylation is 1. The van der Waals surface area contributed by atoms with Gasteiger partial charge in [-0.1, -0.05) is 0 Å². The third-order valence-electron chi connectivity index (χ3n) is 4.08. The molecule has 0 bridgehead atoms. The van der Waals surface area contributed by atoms with Crippen LogP contribution in [0.5, 0.6) is 0 Å². The van der Waals surface area contributed by atoms with Crippen molar-refractivity contribution >= 4 is 17.7 Å². The summed E-state index contributed by atoms with van der Waals surface area (Å²) < 4.78 is 5.03. The minimum Gasteiger partial charge on any atom is -0.481 e. The Morgan fingerprint density at radius 1 is 1.39 bits per heavy atom. The molecule has 0 fully saturated rings. The maximum atomic E-state index is 12.6. The highest BCUT2D eigenvalue weighted by Crippen LogP contribution is 2.26. The van der Waals surface area contributed by atoms with Crippen LogP contribution in [0, 0.1) is 6.92 Å². The van der Waals surface area contributed by atoms with Crippen LogP contribution >= 0.6 is 0 Å². The summed E-state index contributed by atoms with van der Waals surface area (Å²) in [4.78, 5) is 38.6. The van der Waals surface area contributed by atoms with Crippen LogP contribution < -0.4 is 5.32 Å². The van der Waals surface area contributed by atoms with E-state index in [0.717, 1.165) is 18.5 Å². The SMILES string of the molecule is COCC(C)(CC(=O)O)NC(=O)c1[nH]c2c(c1C)C(=O)CCC2. The topological polar surface area (TPSA) is 108 Å². The van der Waals surface area contributed by atoms with Gasteiger partial charge >= 0.3 is 5.97 Å². The lowest BCUT2D eigenvalue weighted by atomic mass is 9.93. The Kier molecular flexibility index (Phi) is 4.89. The van der Waals surface area contributed by atoms with E-state index in [1.54, 1.807) is 13.8 Å². The predicted octanol–water partition coefficient (Wildman–Crippen LogP) is 1.45. The number of aliphatic carboxylic acids is 1. The molecule has 3 N–H and O–H groups in total. The molecule has 126 valence electrons. The summed E-state index contributed by atoms with van der Waals surface area (Å²) in [6, 6.07) is 0. The summed E-state index contributed by atoms with van der Waals surface area (Å²) >= 11 is 0. The van der Waals surface area contributed by atoms with Gasteiger partial charge in [-0.25, -0.2) is 0 Å². The van der Waals surface area contributed by atoms with Crippen LogP contribution in [0.4, 0.5) is 0 Å². The first-order valence-corrected chi connectivity index (χ1v) is 7.55. The average Bonchev–Trinajstić information content (AvgIpc) is 2.76. The van der Waals surface area contributed by atoms with Crippen molar-refractivity contribution in [2.75, 3.05) is 13.7 Å². The molecule has 7 heteroatoms. The number of fused-ring (bicyclic) bond motifs is 1. The normalized spacial score (nSPS) is 16.6. The number of hydrogen-bond donors (Lipinski definition) is 3. The second-order valence-electron chi connectivity index (χ2n) is 6.27. The van der Waals surface area contributed by atoms with E-state index >= 15 is 0 Å². The lowest BCUT2D eigenvalue weighted by molar-refractivity contribution is -0.139. The number of amides is 1. The number of rotatable bonds is 6. The van der Waals surface area contributed by atoms with E-state index in [1.807, 2.05) is 0 Å². The van der Waals surface area contributed by atoms with E-state index in [4.69, 9.17) is 9.84 Å². The van der Waals surface area contributed by atoms with Crippen molar-refractivity contribution in [3.05, 3.63) is 22.5 Å². The van der Waals surface area contributed by atoms with Gasteiger partial charge in [0.1, 0.15) is 5.69 Å². The minimum absolute atomic E-state index is 0.0456. The molecule has 1 aliphatic rings. The number of ketones is 1. The lowest BCUT2D eigenvalue weighted by Gasteiger charge is -2.28. The summed E-state index contributed by atoms with van der Waals surface area (Å²) in [5.41, 5.74) is 1.30. The van der Waals surface area contributed by atoms with Gasteiger partial charge < -0.3 is 20.1 Å². The van der Waals surface area contributed by atoms with Gasteiger partial charge in [0.2, 0.25) is 0 Å². The number of ether oxygens (including phenoxy) is 1. The number of aromatic nitrogens is 1. The van der Waals surface area contributed by atoms with Crippen LogP contribution in [0.3, 0.4) is 0 Å². The molecule has 1 unspecified atom stereocenters. The molecule has 2 rings (SSSR count). The molecule has 1 aromatic heterocycles. The second-order valence-corrected chi connectivity index (χ2v) is 6.27. The number of Topliss-reactive ketones (excluding diaryl/α,β-unsaturated/α-hetero) is 1. The Morgan fingerprint density at radius 3 is 2.65 bits per heavy atom. The van der Waals surface area contributed by atoms with E-state index in [1.165, 1.54) is 7.11 Å². The quantitative estimate of drug-likeness (QED) is 0.734. The molecular formula is C16H22N2O5. The number of nitrogens with one attached hydrogen (secondary N) is 2. The molecule has 1 heterocycles. The Bertz CT molecular complexity index is 649. The lowest BCUT2D eigenvalue weighted by Crippen LogP contribution is -2.51. The van der Waals surface area contributed by atoms with Crippen LogP contribution in [0.2, 0.25) is 0 Å². The third-order valence-corrected chi connectivity index (χ3v) is 4.08. The van der Waals surface area contributed by atoms with Gasteiger partial charge in [0.05, 0.1) is 18.6 Å². The number of carbonyl (C=O) groups excluding carboxylic acids is 2. The maximum absolute atomic E-state index is 12.6. The molecule has 0 saturated carbocycles. The Hall–Kier alpha value is -2.15. The molecule has 1 atom stereocenters. The highest BCUT2D eigenvalue weighted by molar-refractivity contribution is 6.04. The van der Waals surface area contributed by atoms with E-state index in [2.05, 4.69) is 10.3 Å². The van der Waals surface area contributed by atoms with Gasteiger partial charge in [-0.15, -0.1) is 0 Å². The van der Waals surface area contributed by atoms with Gasteiger partial charge in [-0.05, 0) is 32.3 Å². The van der Waals surface area contributed by atoms with Gasteiger partial charge in [0.15, 0.2) is 5.78 Å². The molecule has 23 heavy (non-hydrogen) atoms. The molecule has 7 nitrogen and oxygen atoms in total. The fourth-order valence-corrected chi connectivity index (χ4v) is 3.12. The predicted molar refractivity (Wildman–Crippen MR) is 82.8 cm³/mol. The summed E-state index contributed by atoms with van der Waals surface area (Å²) in [5, 5.41) is 11.7. The minimum atomic E-state index is -1.03. The zero-order valence-corrected chi connectivity index (χ0v) is 13.6. The Balaban J connectivity index is 2.26. The van der Waals surface area contributed by atoms with Crippen LogP contribution in [0.25, 0.3) is 0 Å². The van der Waals surface area contributed by atoms with Crippen molar-refractivity contribution in [3.63, 3.8) is 0 Å². The van der Waals surface area contributed by atoms with Crippen molar-refractivity contribution in [2.24, 2.45) is 0 Å². The van der Waals surface area contributed by atoms with Gasteiger partial charge in [0.25, 0.3) is 5.91 Å². The molecule has 0 saturated heterocycles. The Labute approximate surface area is 134 Å². The van der Waals surface area contributed by atoms with E-state index < -0.39 is 17.4 Å². The standard InChI is InChI=1S/C16H22N2O5/c1-9-13-10(5-4-6-11(13)19)17-14(9)15(22)18-16(2,8-23-3)7-12(20)21/h17H,4-8H2,1-3H3,(H,18,22)(H,20,21). The van der Waals surface area contributed by atoms with E-state index in [-0.39, 0.29) is 18.8 Å². The molecule has 0 radical (unpaired) electrons. The van der Waals surface area contributed by atoms with Crippen molar-refractivity contribution in [2.45, 2.75) is 45.1 Å². The second kappa shape index (κ2) is 6.54. The monoisotopic (exact) mass is 322 g/mol. The Morgan fingerprint density at radius 2 is 2.09 bits per heavy atom. The first kappa shape index (κ1) is 17.2. The number of aromatic amines is 1. The first-order valence-electron chi connectivity index (χ1n) is 7.55. The largest absolute Gasteiger partial charge is 0.481 e. The number of carbonyl (C=O) groups is 3. The van der Waals surface area contributed by atoms with Crippen LogP contribution in [0.15, 0.2) is 0 Å². The van der Waals surface area contributed by atoms with E-state index in [9.17, 15) is 14.4 Å². The average molecular weight is 322 g/mol. The summed E-state index contributed by atoms with van der Waals surface area (Å²) in [6.07, 6.45) is 1.74. The molecule has 0 aromatic carbocycles. The number of hydrogen-bond acceptors (Lipinski definition) is 4. The molecule has 0 spiro atoms. The summed E-state index contributed by atoms with van der Waals surface area (Å²) in [5.74, 6) is -1.41. The smallest absolute Gasteiger partial charge is 0.305 e. The molecule has 1 aromatic rings. The summed E-state index contributed by atoms with van der Waals surface area (Å²) in [7, 11) is 1.45. The fourth-order valence-electron chi connectivity index (χ4n) is 3.12. The van der Waals surface area contributed by atoms with Crippen LogP contribution in [0.1, 0.15) is 58.3 Å². The molecular weight excluding hydrogens is 300 g/mol. The number of methoxy groups -OCH3 is 1. The third kappa shape index (κ3) is 3.61. The van der Waals surface area contributed by atoms with Crippen molar-refractivity contribution in [1.82, 2.24) is 10.3 Å². The summed E-state index contributed by atoms with van der Waals surface area (Å²) in [6.45, 7) is 3.42. The number of carboxylic acid groups (broad SMARTS) is 1. The fraction of sp³-hybridized carbons (Fsp3) is 0.562. The highest BCUT2D eigenvalue weighted by Gasteiger charge is 2.32. The van der Waals surface area contributed by atoms with Gasteiger partial charge in [-0.2, -0.15) is 0 Å². The molecule has 0 aliphatic heterocycles. The van der Waals surface area contributed by atoms with Crippen LogP contribution in [-0.4, -0.2) is 47.0 Å². The van der Waals surface area contributed by atoms with E-state index in [0.29, 0.717) is 23.2 Å². The van der Waals surface area contributed by atoms with Crippen molar-refractivity contribution in [1.29, 1.82) is 0 Å². The zero-order valence-electron chi connectivity index (χ0n) is 13.6. The highest BCUT2D eigenvalue weighted by atomic mass is 16.5. The molecule has 1 aliphatic carbocycles. The van der Waals surface area contributed by atoms with Crippen molar-refractivity contribution < 1.29 is 24.2 Å². The van der Waals surface area contributed by atoms with Gasteiger partial charge in [0, 0.05) is 24.8 Å². The molecule has 1 amide bonds. The first-order chi connectivity index (χ1) is 10.8. The number of H-pyrrole nitrogens is 1. The zero-order chi connectivity index (χ0) is 17.2.